The van der Waals surface area contributed by atoms with Crippen molar-refractivity contribution in [1.29, 1.82) is 0 Å². The number of aromatic nitrogens is 3. The number of halogens is 2. The molecule has 124 valence electrons. The van der Waals surface area contributed by atoms with Crippen molar-refractivity contribution < 1.29 is 18.0 Å². The minimum absolute atomic E-state index is 0.0289. The van der Waals surface area contributed by atoms with E-state index in [0.717, 1.165) is 29.5 Å². The number of aryl methyl sites for hydroxylation is 1. The van der Waals surface area contributed by atoms with Gasteiger partial charge in [-0.05, 0) is 25.1 Å². The fourth-order valence-corrected chi connectivity index (χ4v) is 3.01. The molecule has 0 aliphatic heterocycles. The van der Waals surface area contributed by atoms with E-state index in [4.69, 9.17) is 4.42 Å². The maximum Gasteiger partial charge on any atom is 0.191 e. The van der Waals surface area contributed by atoms with E-state index in [-0.39, 0.29) is 11.3 Å². The molecule has 1 aromatic carbocycles. The van der Waals surface area contributed by atoms with E-state index in [9.17, 15) is 13.6 Å². The first-order valence-electron chi connectivity index (χ1n) is 7.02. The van der Waals surface area contributed by atoms with Crippen molar-refractivity contribution in [3.8, 4) is 11.4 Å². The predicted molar refractivity (Wildman–Crippen MR) is 84.9 cm³/mol. The molecule has 0 atom stereocenters. The molecule has 0 unspecified atom stereocenters. The van der Waals surface area contributed by atoms with Crippen LogP contribution in [0.1, 0.15) is 16.1 Å². The minimum Gasteiger partial charge on any atom is -0.469 e. The van der Waals surface area contributed by atoms with Crippen molar-refractivity contribution in [2.24, 2.45) is 7.05 Å². The lowest BCUT2D eigenvalue weighted by Gasteiger charge is -2.04. The summed E-state index contributed by atoms with van der Waals surface area (Å²) in [5.41, 5.74) is 0.671. The summed E-state index contributed by atoms with van der Waals surface area (Å²) < 4.78 is 33.5. The Morgan fingerprint density at radius 3 is 2.75 bits per heavy atom. The molecule has 0 spiro atoms. The lowest BCUT2D eigenvalue weighted by molar-refractivity contribution is 0.101. The van der Waals surface area contributed by atoms with E-state index < -0.39 is 17.4 Å². The smallest absolute Gasteiger partial charge is 0.191 e. The molecule has 8 heteroatoms. The van der Waals surface area contributed by atoms with Gasteiger partial charge in [-0.25, -0.2) is 8.78 Å². The van der Waals surface area contributed by atoms with Crippen LogP contribution in [0, 0.1) is 18.6 Å². The van der Waals surface area contributed by atoms with Crippen molar-refractivity contribution in [1.82, 2.24) is 14.8 Å². The number of hydrogen-bond acceptors (Lipinski definition) is 5. The van der Waals surface area contributed by atoms with Crippen LogP contribution >= 0.6 is 11.8 Å². The Morgan fingerprint density at radius 2 is 2.08 bits per heavy atom. The average molecular weight is 349 g/mol. The molecule has 0 saturated heterocycles. The highest BCUT2D eigenvalue weighted by atomic mass is 32.2. The molecule has 3 aromatic rings. The topological polar surface area (TPSA) is 60.9 Å². The van der Waals surface area contributed by atoms with Crippen LogP contribution in [0.5, 0.6) is 0 Å². The predicted octanol–water partition coefficient (Wildman–Crippen LogP) is 3.64. The number of ketones is 1. The minimum atomic E-state index is -0.867. The van der Waals surface area contributed by atoms with Gasteiger partial charge in [0, 0.05) is 13.1 Å². The van der Waals surface area contributed by atoms with Crippen molar-refractivity contribution >= 4 is 17.5 Å². The third-order valence-corrected chi connectivity index (χ3v) is 4.52. The van der Waals surface area contributed by atoms with E-state index in [2.05, 4.69) is 10.2 Å². The number of benzene rings is 1. The van der Waals surface area contributed by atoms with Crippen LogP contribution in [-0.2, 0) is 7.05 Å². The fraction of sp³-hybridized carbons (Fsp3) is 0.188. The zero-order chi connectivity index (χ0) is 17.3. The third kappa shape index (κ3) is 3.09. The number of furan rings is 1. The first-order valence-corrected chi connectivity index (χ1v) is 8.01. The molecule has 0 radical (unpaired) electrons. The number of carbonyl (C=O) groups excluding carboxylic acids is 1. The van der Waals surface area contributed by atoms with Gasteiger partial charge in [-0.3, -0.25) is 4.79 Å². The van der Waals surface area contributed by atoms with Crippen LogP contribution in [0.25, 0.3) is 11.4 Å². The number of rotatable bonds is 5. The van der Waals surface area contributed by atoms with Gasteiger partial charge < -0.3 is 8.98 Å². The van der Waals surface area contributed by atoms with Gasteiger partial charge in [-0.15, -0.1) is 10.2 Å². The van der Waals surface area contributed by atoms with Crippen LogP contribution in [0.4, 0.5) is 8.78 Å². The highest BCUT2D eigenvalue weighted by Gasteiger charge is 2.17. The summed E-state index contributed by atoms with van der Waals surface area (Å²) in [6, 6.07) is 4.68. The number of hydrogen-bond donors (Lipinski definition) is 0. The van der Waals surface area contributed by atoms with Gasteiger partial charge in [0.1, 0.15) is 17.4 Å². The molecule has 0 aliphatic carbocycles. The zero-order valence-electron chi connectivity index (χ0n) is 12.9. The van der Waals surface area contributed by atoms with Gasteiger partial charge in [0.2, 0.25) is 0 Å². The fourth-order valence-electron chi connectivity index (χ4n) is 2.22. The molecule has 24 heavy (non-hydrogen) atoms. The Bertz CT molecular complexity index is 905. The molecule has 0 fully saturated rings. The maximum absolute atomic E-state index is 13.6. The standard InChI is InChI=1S/C16H13F2N3O2S/c1-9-11(5-6-23-9)15-19-20-16(21(15)2)24-8-14(22)12-4-3-10(17)7-13(12)18/h3-7H,8H2,1-2H3. The van der Waals surface area contributed by atoms with Gasteiger partial charge >= 0.3 is 0 Å². The Hall–Kier alpha value is -2.48. The molecule has 2 heterocycles. The zero-order valence-corrected chi connectivity index (χ0v) is 13.7. The largest absolute Gasteiger partial charge is 0.469 e. The van der Waals surface area contributed by atoms with Crippen LogP contribution in [0.3, 0.4) is 0 Å². The summed E-state index contributed by atoms with van der Waals surface area (Å²) in [6.45, 7) is 1.82. The van der Waals surface area contributed by atoms with E-state index >= 15 is 0 Å². The highest BCUT2D eigenvalue weighted by Crippen LogP contribution is 2.26. The monoisotopic (exact) mass is 349 g/mol. The lowest BCUT2D eigenvalue weighted by atomic mass is 10.1. The lowest BCUT2D eigenvalue weighted by Crippen LogP contribution is -2.06. The number of Topliss-reactive ketones (excluding diaryl/α,β-unsaturated/α-hetero) is 1. The molecular formula is C16H13F2N3O2S. The molecule has 5 nitrogen and oxygen atoms in total. The number of carbonyl (C=O) groups is 1. The maximum atomic E-state index is 13.6. The van der Waals surface area contributed by atoms with Gasteiger partial charge in [-0.2, -0.15) is 0 Å². The molecular weight excluding hydrogens is 336 g/mol. The van der Waals surface area contributed by atoms with Gasteiger partial charge in [0.05, 0.1) is 23.1 Å². The third-order valence-electron chi connectivity index (χ3n) is 3.50. The summed E-state index contributed by atoms with van der Waals surface area (Å²) in [4.78, 5) is 12.1. The second-order valence-electron chi connectivity index (χ2n) is 5.09. The first kappa shape index (κ1) is 16.4. The van der Waals surface area contributed by atoms with Crippen LogP contribution in [0.2, 0.25) is 0 Å². The normalized spacial score (nSPS) is 11.0. The number of thioether (sulfide) groups is 1. The van der Waals surface area contributed by atoms with Crippen LogP contribution in [-0.4, -0.2) is 26.3 Å². The molecule has 0 N–H and O–H groups in total. The van der Waals surface area contributed by atoms with Crippen molar-refractivity contribution in [2.45, 2.75) is 12.1 Å². The SMILES string of the molecule is Cc1occc1-c1nnc(SCC(=O)c2ccc(F)cc2F)n1C. The molecule has 0 bridgehead atoms. The van der Waals surface area contributed by atoms with E-state index in [1.165, 1.54) is 0 Å². The summed E-state index contributed by atoms with van der Waals surface area (Å²) in [5.74, 6) is -0.727. The van der Waals surface area contributed by atoms with Gasteiger partial charge in [-0.1, -0.05) is 11.8 Å². The second kappa shape index (κ2) is 6.56. The summed E-state index contributed by atoms with van der Waals surface area (Å²) in [5, 5.41) is 8.65. The highest BCUT2D eigenvalue weighted by molar-refractivity contribution is 7.99. The Morgan fingerprint density at radius 1 is 1.29 bits per heavy atom. The van der Waals surface area contributed by atoms with Crippen molar-refractivity contribution in [2.75, 3.05) is 5.75 Å². The summed E-state index contributed by atoms with van der Waals surface area (Å²) in [6.07, 6.45) is 1.56. The second-order valence-corrected chi connectivity index (χ2v) is 6.03. The van der Waals surface area contributed by atoms with Crippen molar-refractivity contribution in [3.05, 3.63) is 53.5 Å². The summed E-state index contributed by atoms with van der Waals surface area (Å²) in [7, 11) is 1.77. The molecule has 2 aromatic heterocycles. The van der Waals surface area contributed by atoms with Gasteiger partial charge in [0.15, 0.2) is 16.8 Å². The van der Waals surface area contributed by atoms with Crippen molar-refractivity contribution in [3.63, 3.8) is 0 Å². The first-order chi connectivity index (χ1) is 11.5. The Labute approximate surface area is 140 Å². The Kier molecular flexibility index (Phi) is 4.48. The van der Waals surface area contributed by atoms with E-state index in [1.54, 1.807) is 23.9 Å². The molecule has 0 amide bonds. The van der Waals surface area contributed by atoms with Crippen LogP contribution < -0.4 is 0 Å². The van der Waals surface area contributed by atoms with E-state index in [0.29, 0.717) is 22.8 Å². The van der Waals surface area contributed by atoms with Gasteiger partial charge in [0.25, 0.3) is 0 Å². The average Bonchev–Trinajstić information content (AvgIpc) is 3.10. The summed E-state index contributed by atoms with van der Waals surface area (Å²) >= 11 is 1.14. The number of nitrogens with zero attached hydrogens (tertiary/aromatic N) is 3. The Balaban J connectivity index is 1.75. The molecule has 0 aliphatic rings. The molecule has 0 saturated carbocycles. The van der Waals surface area contributed by atoms with E-state index in [1.807, 2.05) is 6.92 Å². The van der Waals surface area contributed by atoms with Crippen LogP contribution in [0.15, 0.2) is 40.1 Å². The quantitative estimate of drug-likeness (QED) is 0.520. The molecule has 3 rings (SSSR count).